The summed E-state index contributed by atoms with van der Waals surface area (Å²) in [6, 6.07) is 19.9. The molecular formula is C22H20BrClN2O4S. The number of carbonyl (C=O) groups excluding carboxylic acids is 1. The lowest BCUT2D eigenvalue weighted by Gasteiger charge is -2.22. The van der Waals surface area contributed by atoms with Gasteiger partial charge in [-0.3, -0.25) is 4.79 Å². The summed E-state index contributed by atoms with van der Waals surface area (Å²) >= 11 is 9.24. The molecule has 0 saturated carbocycles. The van der Waals surface area contributed by atoms with Crippen molar-refractivity contribution in [3.8, 4) is 5.75 Å². The van der Waals surface area contributed by atoms with Crippen LogP contribution in [0.15, 0.2) is 82.2 Å². The molecule has 31 heavy (non-hydrogen) atoms. The normalized spacial score (nSPS) is 11.4. The van der Waals surface area contributed by atoms with E-state index in [4.69, 9.17) is 16.3 Å². The minimum Gasteiger partial charge on any atom is -0.497 e. The largest absolute Gasteiger partial charge is 0.497 e. The molecule has 1 N–H and O–H groups in total. The molecule has 0 saturated heterocycles. The average molecular weight is 524 g/mol. The number of halogens is 2. The van der Waals surface area contributed by atoms with Crippen LogP contribution in [0.1, 0.15) is 5.56 Å². The third-order valence-corrected chi connectivity index (χ3v) is 7.00. The summed E-state index contributed by atoms with van der Waals surface area (Å²) in [6.45, 7) is -0.335. The molecule has 0 bridgehead atoms. The minimum absolute atomic E-state index is 0.0194. The van der Waals surface area contributed by atoms with Gasteiger partial charge in [-0.05, 0) is 66.2 Å². The van der Waals surface area contributed by atoms with Crippen LogP contribution in [0.2, 0.25) is 5.02 Å². The molecule has 6 nitrogen and oxygen atoms in total. The summed E-state index contributed by atoms with van der Waals surface area (Å²) < 4.78 is 33.5. The average Bonchev–Trinajstić information content (AvgIpc) is 2.75. The summed E-state index contributed by atoms with van der Waals surface area (Å²) in [5.74, 6) is 0.194. The fourth-order valence-electron chi connectivity index (χ4n) is 2.81. The first-order chi connectivity index (χ1) is 14.8. The predicted octanol–water partition coefficient (Wildman–Crippen LogP) is 4.94. The van der Waals surface area contributed by atoms with Crippen molar-refractivity contribution >= 4 is 49.1 Å². The molecule has 162 valence electrons. The van der Waals surface area contributed by atoms with E-state index in [-0.39, 0.29) is 18.0 Å². The van der Waals surface area contributed by atoms with Crippen LogP contribution in [0.25, 0.3) is 0 Å². The zero-order valence-electron chi connectivity index (χ0n) is 16.6. The van der Waals surface area contributed by atoms with Crippen molar-refractivity contribution in [2.75, 3.05) is 19.0 Å². The van der Waals surface area contributed by atoms with Gasteiger partial charge in [0.2, 0.25) is 15.9 Å². The number of hydrogen-bond donors (Lipinski definition) is 1. The van der Waals surface area contributed by atoms with Gasteiger partial charge in [-0.2, -0.15) is 4.31 Å². The fourth-order valence-corrected chi connectivity index (χ4v) is 4.58. The Kier molecular flexibility index (Phi) is 7.72. The number of methoxy groups -OCH3 is 1. The second kappa shape index (κ2) is 10.3. The highest BCUT2D eigenvalue weighted by atomic mass is 79.9. The van der Waals surface area contributed by atoms with Crippen molar-refractivity contribution in [1.29, 1.82) is 0 Å². The van der Waals surface area contributed by atoms with Crippen LogP contribution in [0.4, 0.5) is 5.69 Å². The summed E-state index contributed by atoms with van der Waals surface area (Å²) in [7, 11) is -2.37. The van der Waals surface area contributed by atoms with Gasteiger partial charge in [0.1, 0.15) is 5.75 Å². The van der Waals surface area contributed by atoms with Gasteiger partial charge in [-0.1, -0.05) is 39.7 Å². The van der Waals surface area contributed by atoms with Crippen molar-refractivity contribution in [1.82, 2.24) is 4.31 Å². The van der Waals surface area contributed by atoms with Gasteiger partial charge in [-0.25, -0.2) is 8.42 Å². The van der Waals surface area contributed by atoms with Crippen molar-refractivity contribution in [3.63, 3.8) is 0 Å². The first-order valence-corrected chi connectivity index (χ1v) is 11.8. The standard InChI is InChI=1S/C22H20BrClN2O4S/c1-30-20-10-8-19(9-11-20)25-22(27)15-26(14-16-2-6-18(24)7-3-16)31(28,29)21-12-4-17(23)5-13-21/h2-13H,14-15H2,1H3,(H,25,27). The van der Waals surface area contributed by atoms with Crippen LogP contribution in [0.3, 0.4) is 0 Å². The lowest BCUT2D eigenvalue weighted by atomic mass is 10.2. The van der Waals surface area contributed by atoms with Crippen molar-refractivity contribution < 1.29 is 17.9 Å². The van der Waals surface area contributed by atoms with Crippen LogP contribution in [-0.4, -0.2) is 32.3 Å². The van der Waals surface area contributed by atoms with Crippen LogP contribution in [0.5, 0.6) is 5.75 Å². The van der Waals surface area contributed by atoms with E-state index < -0.39 is 15.9 Å². The van der Waals surface area contributed by atoms with E-state index in [1.807, 2.05) is 0 Å². The van der Waals surface area contributed by atoms with Gasteiger partial charge in [0.25, 0.3) is 0 Å². The molecule has 1 amide bonds. The maximum absolute atomic E-state index is 13.3. The molecule has 0 spiro atoms. The van der Waals surface area contributed by atoms with Crippen molar-refractivity contribution in [2.24, 2.45) is 0 Å². The Morgan fingerprint density at radius 2 is 1.61 bits per heavy atom. The van der Waals surface area contributed by atoms with Crippen LogP contribution < -0.4 is 10.1 Å². The van der Waals surface area contributed by atoms with E-state index in [2.05, 4.69) is 21.2 Å². The maximum Gasteiger partial charge on any atom is 0.243 e. The molecule has 3 aromatic rings. The van der Waals surface area contributed by atoms with Gasteiger partial charge in [-0.15, -0.1) is 0 Å². The van der Waals surface area contributed by atoms with E-state index >= 15 is 0 Å². The molecule has 9 heteroatoms. The van der Waals surface area contributed by atoms with E-state index in [1.54, 1.807) is 67.8 Å². The highest BCUT2D eigenvalue weighted by Crippen LogP contribution is 2.22. The van der Waals surface area contributed by atoms with E-state index in [0.29, 0.717) is 22.0 Å². The number of benzene rings is 3. The quantitative estimate of drug-likeness (QED) is 0.454. The first-order valence-electron chi connectivity index (χ1n) is 9.22. The molecule has 0 heterocycles. The molecule has 0 radical (unpaired) electrons. The number of rotatable bonds is 8. The zero-order valence-corrected chi connectivity index (χ0v) is 19.7. The molecular weight excluding hydrogens is 504 g/mol. The summed E-state index contributed by atoms with van der Waals surface area (Å²) in [6.07, 6.45) is 0. The molecule has 0 fully saturated rings. The van der Waals surface area contributed by atoms with Crippen LogP contribution >= 0.6 is 27.5 Å². The predicted molar refractivity (Wildman–Crippen MR) is 125 cm³/mol. The topological polar surface area (TPSA) is 75.7 Å². The van der Waals surface area contributed by atoms with Crippen LogP contribution in [-0.2, 0) is 21.4 Å². The Balaban J connectivity index is 1.84. The van der Waals surface area contributed by atoms with E-state index in [1.165, 1.54) is 12.1 Å². The number of nitrogens with one attached hydrogen (secondary N) is 1. The molecule has 0 aliphatic rings. The molecule has 0 aromatic heterocycles. The van der Waals surface area contributed by atoms with Gasteiger partial charge >= 0.3 is 0 Å². The van der Waals surface area contributed by atoms with Gasteiger partial charge < -0.3 is 10.1 Å². The highest BCUT2D eigenvalue weighted by molar-refractivity contribution is 9.10. The summed E-state index contributed by atoms with van der Waals surface area (Å²) in [4.78, 5) is 12.8. The maximum atomic E-state index is 13.3. The second-order valence-corrected chi connectivity index (χ2v) is 9.92. The Labute approximate surface area is 195 Å². The zero-order chi connectivity index (χ0) is 22.4. The number of anilines is 1. The SMILES string of the molecule is COc1ccc(NC(=O)CN(Cc2ccc(Cl)cc2)S(=O)(=O)c2ccc(Br)cc2)cc1. The van der Waals surface area contributed by atoms with Gasteiger partial charge in [0, 0.05) is 21.7 Å². The summed E-state index contributed by atoms with van der Waals surface area (Å²) in [5.41, 5.74) is 1.25. The third kappa shape index (κ3) is 6.30. The van der Waals surface area contributed by atoms with Gasteiger partial charge in [0.15, 0.2) is 0 Å². The number of sulfonamides is 1. The molecule has 0 aliphatic carbocycles. The summed E-state index contributed by atoms with van der Waals surface area (Å²) in [5, 5.41) is 3.27. The van der Waals surface area contributed by atoms with Crippen molar-refractivity contribution in [3.05, 3.63) is 87.9 Å². The number of ether oxygens (including phenoxy) is 1. The molecule has 3 rings (SSSR count). The molecule has 0 atom stereocenters. The Hall–Kier alpha value is -2.39. The molecule has 3 aromatic carbocycles. The number of hydrogen-bond acceptors (Lipinski definition) is 4. The van der Waals surface area contributed by atoms with Gasteiger partial charge in [0.05, 0.1) is 18.6 Å². The smallest absolute Gasteiger partial charge is 0.243 e. The first kappa shape index (κ1) is 23.3. The third-order valence-electron chi connectivity index (χ3n) is 4.42. The van der Waals surface area contributed by atoms with Crippen LogP contribution in [0, 0.1) is 0 Å². The Bertz CT molecular complexity index is 1140. The fraction of sp³-hybridized carbons (Fsp3) is 0.136. The highest BCUT2D eigenvalue weighted by Gasteiger charge is 2.27. The minimum atomic E-state index is -3.93. The van der Waals surface area contributed by atoms with E-state index in [9.17, 15) is 13.2 Å². The monoisotopic (exact) mass is 522 g/mol. The van der Waals surface area contributed by atoms with E-state index in [0.717, 1.165) is 8.78 Å². The molecule has 0 unspecified atom stereocenters. The Morgan fingerprint density at radius 1 is 1.00 bits per heavy atom. The number of amides is 1. The molecule has 0 aliphatic heterocycles. The lowest BCUT2D eigenvalue weighted by Crippen LogP contribution is -2.37. The second-order valence-electron chi connectivity index (χ2n) is 6.63. The lowest BCUT2D eigenvalue weighted by molar-refractivity contribution is -0.116. The number of nitrogens with zero attached hydrogens (tertiary/aromatic N) is 1. The Morgan fingerprint density at radius 3 is 2.19 bits per heavy atom. The number of carbonyl (C=O) groups is 1. The van der Waals surface area contributed by atoms with Crippen molar-refractivity contribution in [2.45, 2.75) is 11.4 Å².